The number of hydrogen-bond donors (Lipinski definition) is 1. The maximum Gasteiger partial charge on any atom is 0.338 e. The van der Waals surface area contributed by atoms with Crippen molar-refractivity contribution in [1.82, 2.24) is 10.2 Å². The summed E-state index contributed by atoms with van der Waals surface area (Å²) < 4.78 is 11.5. The molecule has 0 aliphatic carbocycles. The van der Waals surface area contributed by atoms with Gasteiger partial charge in [0, 0.05) is 18.8 Å². The summed E-state index contributed by atoms with van der Waals surface area (Å²) in [5.74, 6) is -0.480. The summed E-state index contributed by atoms with van der Waals surface area (Å²) in [5.41, 5.74) is 6.00. The van der Waals surface area contributed by atoms with E-state index < -0.39 is 12.0 Å². The third-order valence-corrected chi connectivity index (χ3v) is 7.94. The molecule has 1 fully saturated rings. The van der Waals surface area contributed by atoms with Crippen LogP contribution in [0.3, 0.4) is 0 Å². The summed E-state index contributed by atoms with van der Waals surface area (Å²) in [7, 11) is 0. The first-order valence-corrected chi connectivity index (χ1v) is 13.9. The highest BCUT2D eigenvalue weighted by Crippen LogP contribution is 2.45. The highest BCUT2D eigenvalue weighted by Gasteiger charge is 2.41. The third kappa shape index (κ3) is 5.71. The topological polar surface area (TPSA) is 80.2 Å². The van der Waals surface area contributed by atoms with E-state index in [0.29, 0.717) is 17.8 Å². The molecule has 0 spiro atoms. The maximum absolute atomic E-state index is 13.6. The zero-order chi connectivity index (χ0) is 26.6. The number of hydrogen-bond acceptors (Lipinski definition) is 7. The maximum atomic E-state index is 13.6. The number of thioether (sulfide) groups is 1. The van der Waals surface area contributed by atoms with Crippen LogP contribution in [-0.2, 0) is 25.7 Å². The summed E-state index contributed by atoms with van der Waals surface area (Å²) in [5, 5.41) is 5.74. The van der Waals surface area contributed by atoms with Crippen LogP contribution >= 0.6 is 11.8 Å². The summed E-state index contributed by atoms with van der Waals surface area (Å²) in [6.45, 7) is 7.38. The zero-order valence-electron chi connectivity index (χ0n) is 22.0. The van der Waals surface area contributed by atoms with E-state index in [-0.39, 0.29) is 25.0 Å². The SMILES string of the molecule is CC1=C(C(=O)OCc2ccccc2)[C@@H](c2cc(C)ccc2C)N2C(CC(=O)NC[C@H]3CCCO3)=CSC2=N1. The zero-order valence-corrected chi connectivity index (χ0v) is 22.8. The van der Waals surface area contributed by atoms with E-state index in [4.69, 9.17) is 14.5 Å². The van der Waals surface area contributed by atoms with Crippen molar-refractivity contribution in [2.45, 2.75) is 58.8 Å². The molecule has 2 aromatic rings. The second kappa shape index (κ2) is 11.6. The molecule has 2 aromatic carbocycles. The number of rotatable bonds is 8. The fourth-order valence-corrected chi connectivity index (χ4v) is 6.00. The average molecular weight is 532 g/mol. The van der Waals surface area contributed by atoms with Gasteiger partial charge in [-0.2, -0.15) is 0 Å². The molecule has 3 heterocycles. The predicted octanol–water partition coefficient (Wildman–Crippen LogP) is 5.31. The summed E-state index contributed by atoms with van der Waals surface area (Å²) in [6, 6.07) is 15.4. The molecule has 3 aliphatic rings. The van der Waals surface area contributed by atoms with Crippen molar-refractivity contribution in [1.29, 1.82) is 0 Å². The van der Waals surface area contributed by atoms with E-state index in [9.17, 15) is 9.59 Å². The second-order valence-corrected chi connectivity index (χ2v) is 10.8. The van der Waals surface area contributed by atoms with E-state index in [1.54, 1.807) is 0 Å². The fourth-order valence-electron chi connectivity index (χ4n) is 5.04. The summed E-state index contributed by atoms with van der Waals surface area (Å²) >= 11 is 1.48. The predicted molar refractivity (Wildman–Crippen MR) is 149 cm³/mol. The molecule has 2 atom stereocenters. The van der Waals surface area contributed by atoms with E-state index in [2.05, 4.69) is 23.5 Å². The molecule has 1 saturated heterocycles. The summed E-state index contributed by atoms with van der Waals surface area (Å²) in [4.78, 5) is 33.4. The minimum Gasteiger partial charge on any atom is -0.457 e. The number of allylic oxidation sites excluding steroid dienone is 1. The van der Waals surface area contributed by atoms with Gasteiger partial charge < -0.3 is 19.7 Å². The monoisotopic (exact) mass is 531 g/mol. The van der Waals surface area contributed by atoms with E-state index >= 15 is 0 Å². The van der Waals surface area contributed by atoms with Crippen LogP contribution in [0, 0.1) is 13.8 Å². The standard InChI is InChI=1S/C30H33N3O4S/c1-19-11-12-20(2)25(14-19)28-27(29(35)37-17-22-8-5-4-6-9-22)21(3)32-30-33(28)23(18-38-30)15-26(34)31-16-24-10-7-13-36-24/h4-6,8-9,11-12,14,18,24,28H,7,10,13,15-17H2,1-3H3,(H,31,34)/t24-,28-/m1/s1. The van der Waals surface area contributed by atoms with Gasteiger partial charge in [-0.15, -0.1) is 0 Å². The minimum atomic E-state index is -0.446. The number of aliphatic imine (C=N–C) groups is 1. The quantitative estimate of drug-likeness (QED) is 0.465. The van der Waals surface area contributed by atoms with Gasteiger partial charge in [0.25, 0.3) is 0 Å². The Morgan fingerprint density at radius 2 is 1.97 bits per heavy atom. The molecule has 38 heavy (non-hydrogen) atoms. The van der Waals surface area contributed by atoms with E-state index in [1.165, 1.54) is 11.8 Å². The molecular formula is C30H33N3O4S. The lowest BCUT2D eigenvalue weighted by molar-refractivity contribution is -0.141. The van der Waals surface area contributed by atoms with Crippen LogP contribution in [0.1, 0.15) is 54.5 Å². The Morgan fingerprint density at radius 3 is 2.74 bits per heavy atom. The number of benzene rings is 2. The van der Waals surface area contributed by atoms with E-state index in [0.717, 1.165) is 52.6 Å². The number of amidine groups is 1. The van der Waals surface area contributed by atoms with Gasteiger partial charge in [-0.3, -0.25) is 4.79 Å². The molecule has 0 saturated carbocycles. The van der Waals surface area contributed by atoms with Crippen molar-refractivity contribution in [3.63, 3.8) is 0 Å². The Kier molecular flexibility index (Phi) is 8.00. The van der Waals surface area contributed by atoms with Gasteiger partial charge in [-0.25, -0.2) is 9.79 Å². The Labute approximate surface area is 228 Å². The first-order valence-electron chi connectivity index (χ1n) is 13.0. The second-order valence-electron chi connectivity index (χ2n) is 9.93. The average Bonchev–Trinajstić information content (AvgIpc) is 3.57. The molecule has 0 aromatic heterocycles. The normalized spacial score (nSPS) is 20.7. The Morgan fingerprint density at radius 1 is 1.16 bits per heavy atom. The number of amides is 1. The van der Waals surface area contributed by atoms with Gasteiger partial charge in [0.2, 0.25) is 5.91 Å². The first-order chi connectivity index (χ1) is 18.4. The van der Waals surface area contributed by atoms with Crippen LogP contribution < -0.4 is 5.32 Å². The van der Waals surface area contributed by atoms with Gasteiger partial charge >= 0.3 is 5.97 Å². The van der Waals surface area contributed by atoms with Crippen LogP contribution in [0.15, 0.2) is 75.9 Å². The number of nitrogens with zero attached hydrogens (tertiary/aromatic N) is 2. The molecule has 0 bridgehead atoms. The van der Waals surface area contributed by atoms with Crippen LogP contribution in [-0.4, -0.2) is 41.2 Å². The smallest absolute Gasteiger partial charge is 0.338 e. The van der Waals surface area contributed by atoms with Gasteiger partial charge in [-0.1, -0.05) is 65.9 Å². The van der Waals surface area contributed by atoms with Crippen LogP contribution in [0.5, 0.6) is 0 Å². The number of nitrogens with one attached hydrogen (secondary N) is 1. The van der Waals surface area contributed by atoms with E-state index in [1.807, 2.05) is 61.4 Å². The highest BCUT2D eigenvalue weighted by molar-refractivity contribution is 8.16. The molecule has 1 N–H and O–H groups in total. The lowest BCUT2D eigenvalue weighted by atomic mass is 9.90. The van der Waals surface area contributed by atoms with Gasteiger partial charge in [0.15, 0.2) is 5.17 Å². The number of fused-ring (bicyclic) bond motifs is 1. The van der Waals surface area contributed by atoms with Crippen molar-refractivity contribution in [2.75, 3.05) is 13.2 Å². The number of carbonyl (C=O) groups is 2. The number of aryl methyl sites for hydroxylation is 2. The van der Waals surface area contributed by atoms with Crippen molar-refractivity contribution in [2.24, 2.45) is 4.99 Å². The lowest BCUT2D eigenvalue weighted by Gasteiger charge is -2.37. The molecule has 7 nitrogen and oxygen atoms in total. The fraction of sp³-hybridized carbons (Fsp3) is 0.367. The number of esters is 1. The molecule has 0 unspecified atom stereocenters. The van der Waals surface area contributed by atoms with Crippen molar-refractivity contribution >= 4 is 28.8 Å². The number of carbonyl (C=O) groups excluding carboxylic acids is 2. The van der Waals surface area contributed by atoms with Crippen molar-refractivity contribution in [3.8, 4) is 0 Å². The molecule has 8 heteroatoms. The lowest BCUT2D eigenvalue weighted by Crippen LogP contribution is -2.39. The molecule has 3 aliphatic heterocycles. The number of ether oxygens (including phenoxy) is 2. The molecule has 198 valence electrons. The minimum absolute atomic E-state index is 0.0761. The largest absolute Gasteiger partial charge is 0.457 e. The van der Waals surface area contributed by atoms with Crippen LogP contribution in [0.25, 0.3) is 0 Å². The molecular weight excluding hydrogens is 498 g/mol. The molecule has 1 amide bonds. The Bertz CT molecular complexity index is 1310. The van der Waals surface area contributed by atoms with Crippen molar-refractivity contribution < 1.29 is 19.1 Å². The first kappa shape index (κ1) is 26.3. The van der Waals surface area contributed by atoms with Gasteiger partial charge in [0.1, 0.15) is 6.61 Å². The molecule has 5 rings (SSSR count). The van der Waals surface area contributed by atoms with Crippen LogP contribution in [0.4, 0.5) is 0 Å². The Balaban J connectivity index is 1.43. The van der Waals surface area contributed by atoms with Crippen molar-refractivity contribution in [3.05, 3.63) is 93.2 Å². The Hall–Kier alpha value is -3.36. The van der Waals surface area contributed by atoms with Gasteiger partial charge in [0.05, 0.1) is 29.8 Å². The molecule has 0 radical (unpaired) electrons. The highest BCUT2D eigenvalue weighted by atomic mass is 32.2. The third-order valence-electron chi connectivity index (χ3n) is 7.06. The van der Waals surface area contributed by atoms with Crippen LogP contribution in [0.2, 0.25) is 0 Å². The summed E-state index contributed by atoms with van der Waals surface area (Å²) in [6.07, 6.45) is 2.26. The van der Waals surface area contributed by atoms with Gasteiger partial charge in [-0.05, 0) is 55.7 Å².